The SMILES string of the molecule is CC1=NN(c2ccccc2)C(=O)C1=Cc1cn(CC(O)CNCCCN(C)C)c2ccccc12. The highest BCUT2D eigenvalue weighted by Crippen LogP contribution is 2.28. The first-order chi connectivity index (χ1) is 16.4. The summed E-state index contributed by atoms with van der Waals surface area (Å²) in [6, 6.07) is 17.5. The largest absolute Gasteiger partial charge is 0.390 e. The van der Waals surface area contributed by atoms with Gasteiger partial charge in [-0.1, -0.05) is 36.4 Å². The molecule has 1 aliphatic rings. The quantitative estimate of drug-likeness (QED) is 0.360. The van der Waals surface area contributed by atoms with Gasteiger partial charge in [-0.3, -0.25) is 4.79 Å². The van der Waals surface area contributed by atoms with Crippen LogP contribution in [0.4, 0.5) is 5.69 Å². The molecule has 2 N–H and O–H groups in total. The van der Waals surface area contributed by atoms with Gasteiger partial charge in [-0.2, -0.15) is 10.1 Å². The molecule has 2 heterocycles. The van der Waals surface area contributed by atoms with E-state index >= 15 is 0 Å². The van der Waals surface area contributed by atoms with Crippen LogP contribution < -0.4 is 10.3 Å². The van der Waals surface area contributed by atoms with Gasteiger partial charge in [0.05, 0.1) is 23.1 Å². The van der Waals surface area contributed by atoms with Crippen molar-refractivity contribution in [3.8, 4) is 0 Å². The molecule has 3 aromatic rings. The summed E-state index contributed by atoms with van der Waals surface area (Å²) in [5.74, 6) is -0.137. The number of nitrogens with zero attached hydrogens (tertiary/aromatic N) is 4. The predicted octanol–water partition coefficient (Wildman–Crippen LogP) is 3.35. The molecule has 0 aliphatic carbocycles. The monoisotopic (exact) mass is 459 g/mol. The second-order valence-electron chi connectivity index (χ2n) is 8.96. The molecule has 1 unspecified atom stereocenters. The van der Waals surface area contributed by atoms with Gasteiger partial charge in [0.1, 0.15) is 0 Å². The summed E-state index contributed by atoms with van der Waals surface area (Å²) >= 11 is 0. The van der Waals surface area contributed by atoms with Gasteiger partial charge < -0.3 is 19.9 Å². The number of benzene rings is 2. The van der Waals surface area contributed by atoms with Crippen molar-refractivity contribution in [2.24, 2.45) is 5.10 Å². The van der Waals surface area contributed by atoms with Crippen molar-refractivity contribution >= 4 is 34.3 Å². The van der Waals surface area contributed by atoms with Crippen LogP contribution in [0.2, 0.25) is 0 Å². The molecule has 0 saturated heterocycles. The second kappa shape index (κ2) is 10.8. The Labute approximate surface area is 201 Å². The maximum absolute atomic E-state index is 13.1. The molecule has 0 radical (unpaired) electrons. The first-order valence-corrected chi connectivity index (χ1v) is 11.7. The van der Waals surface area contributed by atoms with E-state index in [9.17, 15) is 9.90 Å². The zero-order chi connectivity index (χ0) is 24.1. The van der Waals surface area contributed by atoms with Crippen molar-refractivity contribution in [3.05, 3.63) is 71.9 Å². The van der Waals surface area contributed by atoms with Gasteiger partial charge >= 0.3 is 0 Å². The summed E-state index contributed by atoms with van der Waals surface area (Å²) in [6.45, 7) is 4.76. The maximum atomic E-state index is 13.1. The summed E-state index contributed by atoms with van der Waals surface area (Å²) in [4.78, 5) is 15.3. The number of carbonyl (C=O) groups is 1. The van der Waals surface area contributed by atoms with Crippen LogP contribution in [0.25, 0.3) is 17.0 Å². The number of nitrogens with one attached hydrogen (secondary N) is 1. The van der Waals surface area contributed by atoms with Crippen molar-refractivity contribution < 1.29 is 9.90 Å². The van der Waals surface area contributed by atoms with E-state index in [-0.39, 0.29) is 5.91 Å². The van der Waals surface area contributed by atoms with Crippen molar-refractivity contribution in [1.29, 1.82) is 0 Å². The normalized spacial score (nSPS) is 16.1. The average molecular weight is 460 g/mol. The molecule has 0 spiro atoms. The zero-order valence-electron chi connectivity index (χ0n) is 20.1. The lowest BCUT2D eigenvalue weighted by Crippen LogP contribution is -2.31. The van der Waals surface area contributed by atoms with Gasteiger partial charge in [-0.15, -0.1) is 0 Å². The molecule has 0 bridgehead atoms. The van der Waals surface area contributed by atoms with Crippen LogP contribution >= 0.6 is 0 Å². The summed E-state index contributed by atoms with van der Waals surface area (Å²) in [7, 11) is 4.12. The number of aromatic nitrogens is 1. The standard InChI is InChI=1S/C27H33N5O2/c1-20-25(27(34)32(29-20)22-10-5-4-6-11-22)16-21-18-31(26-13-8-7-12-24(21)26)19-23(33)17-28-14-9-15-30(2)3/h4-8,10-13,16,18,23,28,33H,9,14-15,17,19H2,1-3H3. The third kappa shape index (κ3) is 5.44. The van der Waals surface area contributed by atoms with Crippen LogP contribution in [0, 0.1) is 0 Å². The number of carbonyl (C=O) groups excluding carboxylic acids is 1. The van der Waals surface area contributed by atoms with Gasteiger partial charge in [0.25, 0.3) is 5.91 Å². The van der Waals surface area contributed by atoms with E-state index in [1.54, 1.807) is 0 Å². The third-order valence-corrected chi connectivity index (χ3v) is 5.93. The molecular weight excluding hydrogens is 426 g/mol. The fraction of sp³-hybridized carbons (Fsp3) is 0.333. The van der Waals surface area contributed by atoms with Crippen molar-refractivity contribution in [3.63, 3.8) is 0 Å². The van der Waals surface area contributed by atoms with Gasteiger partial charge in [0.15, 0.2) is 0 Å². The fourth-order valence-corrected chi connectivity index (χ4v) is 4.21. The number of fused-ring (bicyclic) bond motifs is 1. The van der Waals surface area contributed by atoms with Gasteiger partial charge in [0.2, 0.25) is 0 Å². The molecule has 7 heteroatoms. The van der Waals surface area contributed by atoms with Gasteiger partial charge in [0, 0.05) is 35.8 Å². The Hall–Kier alpha value is -3.26. The van der Waals surface area contributed by atoms with Gasteiger partial charge in [-0.25, -0.2) is 0 Å². The number of amides is 1. The number of hydrazone groups is 1. The summed E-state index contributed by atoms with van der Waals surface area (Å²) in [6.07, 6.45) is 4.45. The summed E-state index contributed by atoms with van der Waals surface area (Å²) in [5, 5.41) is 20.9. The minimum atomic E-state index is -0.513. The Balaban J connectivity index is 1.51. The minimum Gasteiger partial charge on any atom is -0.390 e. The molecule has 34 heavy (non-hydrogen) atoms. The Morgan fingerprint density at radius 1 is 1.12 bits per heavy atom. The molecule has 7 nitrogen and oxygen atoms in total. The zero-order valence-corrected chi connectivity index (χ0v) is 20.1. The summed E-state index contributed by atoms with van der Waals surface area (Å²) in [5.41, 5.74) is 3.98. The molecule has 0 saturated carbocycles. The topological polar surface area (TPSA) is 73.1 Å². The van der Waals surface area contributed by atoms with Crippen molar-refractivity contribution in [2.75, 3.05) is 38.7 Å². The average Bonchev–Trinajstić information content (AvgIpc) is 3.31. The van der Waals surface area contributed by atoms with Crippen LogP contribution in [0.5, 0.6) is 0 Å². The molecule has 0 fully saturated rings. The third-order valence-electron chi connectivity index (χ3n) is 5.93. The highest BCUT2D eigenvalue weighted by atomic mass is 16.3. The first kappa shape index (κ1) is 23.9. The Bertz CT molecular complexity index is 1200. The van der Waals surface area contributed by atoms with Crippen LogP contribution in [-0.4, -0.2) is 66.0 Å². The number of anilines is 1. The number of aliphatic hydroxyl groups excluding tert-OH is 1. The van der Waals surface area contributed by atoms with Crippen LogP contribution in [0.3, 0.4) is 0 Å². The lowest BCUT2D eigenvalue weighted by molar-refractivity contribution is -0.114. The molecule has 1 aromatic heterocycles. The van der Waals surface area contributed by atoms with Crippen LogP contribution in [-0.2, 0) is 11.3 Å². The van der Waals surface area contributed by atoms with E-state index in [2.05, 4.69) is 34.0 Å². The number of aliphatic hydroxyl groups is 1. The lowest BCUT2D eigenvalue weighted by Gasteiger charge is -2.14. The fourth-order valence-electron chi connectivity index (χ4n) is 4.21. The first-order valence-electron chi connectivity index (χ1n) is 11.7. The number of hydrogen-bond acceptors (Lipinski definition) is 5. The molecule has 178 valence electrons. The minimum absolute atomic E-state index is 0.137. The molecule has 1 aliphatic heterocycles. The number of para-hydroxylation sites is 2. The molecule has 1 amide bonds. The van der Waals surface area contributed by atoms with Crippen LogP contribution in [0.15, 0.2) is 71.5 Å². The maximum Gasteiger partial charge on any atom is 0.280 e. The lowest BCUT2D eigenvalue weighted by atomic mass is 10.1. The van der Waals surface area contributed by atoms with Crippen molar-refractivity contribution in [1.82, 2.24) is 14.8 Å². The Kier molecular flexibility index (Phi) is 7.57. The molecule has 1 atom stereocenters. The van der Waals surface area contributed by atoms with E-state index in [1.165, 1.54) is 5.01 Å². The highest BCUT2D eigenvalue weighted by Gasteiger charge is 2.29. The van der Waals surface area contributed by atoms with E-state index in [4.69, 9.17) is 0 Å². The smallest absolute Gasteiger partial charge is 0.280 e. The predicted molar refractivity (Wildman–Crippen MR) is 139 cm³/mol. The molecule has 2 aromatic carbocycles. The van der Waals surface area contributed by atoms with E-state index in [0.717, 1.165) is 41.7 Å². The number of rotatable bonds is 10. The van der Waals surface area contributed by atoms with Crippen LogP contribution in [0.1, 0.15) is 18.9 Å². The number of hydrogen-bond donors (Lipinski definition) is 2. The Morgan fingerprint density at radius 2 is 1.85 bits per heavy atom. The second-order valence-corrected chi connectivity index (χ2v) is 8.96. The van der Waals surface area contributed by atoms with E-state index < -0.39 is 6.10 Å². The Morgan fingerprint density at radius 3 is 2.62 bits per heavy atom. The molecule has 4 rings (SSSR count). The van der Waals surface area contributed by atoms with E-state index in [1.807, 2.05) is 73.8 Å². The summed E-state index contributed by atoms with van der Waals surface area (Å²) < 4.78 is 2.06. The van der Waals surface area contributed by atoms with E-state index in [0.29, 0.717) is 24.4 Å². The van der Waals surface area contributed by atoms with Gasteiger partial charge in [-0.05, 0) is 64.8 Å². The molecular formula is C27H33N5O2. The van der Waals surface area contributed by atoms with Crippen molar-refractivity contribution in [2.45, 2.75) is 26.0 Å². The highest BCUT2D eigenvalue weighted by molar-refractivity contribution is 6.32.